The largest absolute Gasteiger partial charge is 0.456 e. The summed E-state index contributed by atoms with van der Waals surface area (Å²) < 4.78 is 5.95. The van der Waals surface area contributed by atoms with Crippen LogP contribution in [0.4, 0.5) is 5.69 Å². The Morgan fingerprint density at radius 3 is 2.78 bits per heavy atom. The molecule has 0 fully saturated rings. The van der Waals surface area contributed by atoms with E-state index in [0.29, 0.717) is 5.56 Å². The molecule has 2 aromatic carbocycles. The van der Waals surface area contributed by atoms with E-state index >= 15 is 0 Å². The molecule has 23 heavy (non-hydrogen) atoms. The number of nitrogens with zero attached hydrogens (tertiary/aromatic N) is 1. The number of rotatable bonds is 2. The number of aromatic nitrogens is 1. The molecule has 4 rings (SSSR count). The number of para-hydroxylation sites is 1. The molecule has 4 aromatic rings. The van der Waals surface area contributed by atoms with Gasteiger partial charge in [0, 0.05) is 17.8 Å². The summed E-state index contributed by atoms with van der Waals surface area (Å²) in [7, 11) is 0. The number of furan rings is 1. The lowest BCUT2D eigenvalue weighted by Crippen LogP contribution is -2.12. The van der Waals surface area contributed by atoms with E-state index in [-0.39, 0.29) is 5.91 Å². The predicted octanol–water partition coefficient (Wildman–Crippen LogP) is 4.54. The van der Waals surface area contributed by atoms with E-state index in [2.05, 4.69) is 10.3 Å². The van der Waals surface area contributed by atoms with E-state index in [1.165, 1.54) is 0 Å². The molecule has 0 spiro atoms. The predicted molar refractivity (Wildman–Crippen MR) is 90.6 cm³/mol. The Kier molecular flexibility index (Phi) is 3.08. The molecular weight excluding hydrogens is 288 g/mol. The second-order valence-corrected chi connectivity index (χ2v) is 5.43. The second-order valence-electron chi connectivity index (χ2n) is 5.43. The summed E-state index contributed by atoms with van der Waals surface area (Å²) in [5.41, 5.74) is 3.91. The Labute approximate surface area is 132 Å². The Hall–Kier alpha value is -3.14. The summed E-state index contributed by atoms with van der Waals surface area (Å²) in [5, 5.41) is 4.89. The zero-order valence-corrected chi connectivity index (χ0v) is 12.5. The minimum Gasteiger partial charge on any atom is -0.456 e. The van der Waals surface area contributed by atoms with Gasteiger partial charge >= 0.3 is 0 Å². The zero-order chi connectivity index (χ0) is 15.8. The third-order valence-electron chi connectivity index (χ3n) is 3.89. The lowest BCUT2D eigenvalue weighted by molar-refractivity contribution is 0.102. The fourth-order valence-electron chi connectivity index (χ4n) is 2.75. The third kappa shape index (κ3) is 2.25. The number of hydrogen-bond acceptors (Lipinski definition) is 3. The van der Waals surface area contributed by atoms with E-state index in [1.807, 2.05) is 43.3 Å². The molecule has 4 heteroatoms. The summed E-state index contributed by atoms with van der Waals surface area (Å²) in [5.74, 6) is -0.187. The minimum atomic E-state index is -0.187. The molecule has 0 radical (unpaired) electrons. The standard InChI is InChI=1S/C19H14N2O2/c1-12-8-9-15(21-19(22)13-5-4-10-20-11-13)17-14-6-2-3-7-16(14)23-18(12)17/h2-11H,1H3,(H,21,22). The van der Waals surface area contributed by atoms with Crippen LogP contribution in [0, 0.1) is 6.92 Å². The number of pyridine rings is 1. The van der Waals surface area contributed by atoms with Crippen LogP contribution < -0.4 is 5.32 Å². The van der Waals surface area contributed by atoms with Crippen LogP contribution in [0.5, 0.6) is 0 Å². The van der Waals surface area contributed by atoms with Crippen LogP contribution in [0.15, 0.2) is 65.3 Å². The molecule has 0 unspecified atom stereocenters. The minimum absolute atomic E-state index is 0.187. The molecule has 0 aliphatic heterocycles. The van der Waals surface area contributed by atoms with Crippen LogP contribution in [0.25, 0.3) is 21.9 Å². The quantitative estimate of drug-likeness (QED) is 0.591. The van der Waals surface area contributed by atoms with Crippen LogP contribution >= 0.6 is 0 Å². The highest BCUT2D eigenvalue weighted by molar-refractivity contribution is 6.16. The summed E-state index contributed by atoms with van der Waals surface area (Å²) in [6.45, 7) is 2.00. The van der Waals surface area contributed by atoms with Crippen molar-refractivity contribution in [2.75, 3.05) is 5.32 Å². The number of hydrogen-bond donors (Lipinski definition) is 1. The van der Waals surface area contributed by atoms with Gasteiger partial charge in [-0.3, -0.25) is 9.78 Å². The molecular formula is C19H14N2O2. The normalized spacial score (nSPS) is 11.0. The average Bonchev–Trinajstić information content (AvgIpc) is 2.99. The Morgan fingerprint density at radius 2 is 1.96 bits per heavy atom. The number of nitrogens with one attached hydrogen (secondary N) is 1. The van der Waals surface area contributed by atoms with Gasteiger partial charge in [0.2, 0.25) is 0 Å². The van der Waals surface area contributed by atoms with Gasteiger partial charge in [-0.05, 0) is 36.8 Å². The van der Waals surface area contributed by atoms with Gasteiger partial charge in [-0.2, -0.15) is 0 Å². The molecule has 0 saturated carbocycles. The van der Waals surface area contributed by atoms with E-state index in [9.17, 15) is 4.79 Å². The molecule has 112 valence electrons. The second kappa shape index (κ2) is 5.25. The van der Waals surface area contributed by atoms with Gasteiger partial charge in [0.05, 0.1) is 16.6 Å². The first kappa shape index (κ1) is 13.5. The van der Waals surface area contributed by atoms with Crippen molar-refractivity contribution in [2.45, 2.75) is 6.92 Å². The molecule has 0 bridgehead atoms. The molecule has 0 aliphatic rings. The topological polar surface area (TPSA) is 55.1 Å². The first-order valence-electron chi connectivity index (χ1n) is 7.36. The van der Waals surface area contributed by atoms with E-state index in [4.69, 9.17) is 4.42 Å². The van der Waals surface area contributed by atoms with Gasteiger partial charge in [0.25, 0.3) is 5.91 Å². The van der Waals surface area contributed by atoms with Crippen molar-refractivity contribution < 1.29 is 9.21 Å². The molecule has 0 aliphatic carbocycles. The molecule has 2 heterocycles. The maximum atomic E-state index is 12.4. The molecule has 0 saturated heterocycles. The van der Waals surface area contributed by atoms with Gasteiger partial charge in [-0.1, -0.05) is 24.3 Å². The van der Waals surface area contributed by atoms with Crippen molar-refractivity contribution in [2.24, 2.45) is 0 Å². The summed E-state index contributed by atoms with van der Waals surface area (Å²) in [4.78, 5) is 16.4. The van der Waals surface area contributed by atoms with Crippen LogP contribution in [0.3, 0.4) is 0 Å². The fraction of sp³-hybridized carbons (Fsp3) is 0.0526. The van der Waals surface area contributed by atoms with Crippen molar-refractivity contribution >= 4 is 33.5 Å². The van der Waals surface area contributed by atoms with E-state index < -0.39 is 0 Å². The smallest absolute Gasteiger partial charge is 0.257 e. The maximum Gasteiger partial charge on any atom is 0.257 e. The number of amides is 1. The highest BCUT2D eigenvalue weighted by Crippen LogP contribution is 2.36. The Morgan fingerprint density at radius 1 is 1.09 bits per heavy atom. The highest BCUT2D eigenvalue weighted by atomic mass is 16.3. The number of carbonyl (C=O) groups excluding carboxylic acids is 1. The van der Waals surface area contributed by atoms with Gasteiger partial charge in [0.15, 0.2) is 0 Å². The van der Waals surface area contributed by atoms with Crippen LogP contribution in [0.2, 0.25) is 0 Å². The molecule has 1 amide bonds. The SMILES string of the molecule is Cc1ccc(NC(=O)c2cccnc2)c2c1oc1ccccc12. The fourth-order valence-corrected chi connectivity index (χ4v) is 2.75. The highest BCUT2D eigenvalue weighted by Gasteiger charge is 2.15. The number of aryl methyl sites for hydroxylation is 1. The van der Waals surface area contributed by atoms with Gasteiger partial charge in [-0.15, -0.1) is 0 Å². The van der Waals surface area contributed by atoms with Gasteiger partial charge in [0.1, 0.15) is 11.2 Å². The van der Waals surface area contributed by atoms with Crippen LogP contribution in [-0.4, -0.2) is 10.9 Å². The summed E-state index contributed by atoms with van der Waals surface area (Å²) in [6, 6.07) is 15.2. The summed E-state index contributed by atoms with van der Waals surface area (Å²) >= 11 is 0. The van der Waals surface area contributed by atoms with Gasteiger partial charge < -0.3 is 9.73 Å². The molecule has 4 nitrogen and oxygen atoms in total. The maximum absolute atomic E-state index is 12.4. The van der Waals surface area contributed by atoms with E-state index in [0.717, 1.165) is 33.2 Å². The Balaban J connectivity index is 1.87. The first-order chi connectivity index (χ1) is 11.2. The van der Waals surface area contributed by atoms with Crippen molar-refractivity contribution in [3.8, 4) is 0 Å². The van der Waals surface area contributed by atoms with Crippen molar-refractivity contribution in [1.82, 2.24) is 4.98 Å². The lowest BCUT2D eigenvalue weighted by Gasteiger charge is -2.07. The van der Waals surface area contributed by atoms with Crippen molar-refractivity contribution in [3.63, 3.8) is 0 Å². The van der Waals surface area contributed by atoms with Crippen LogP contribution in [0.1, 0.15) is 15.9 Å². The number of fused-ring (bicyclic) bond motifs is 3. The molecule has 2 aromatic heterocycles. The van der Waals surface area contributed by atoms with Crippen LogP contribution in [-0.2, 0) is 0 Å². The monoisotopic (exact) mass is 302 g/mol. The number of carbonyl (C=O) groups is 1. The molecule has 1 N–H and O–H groups in total. The van der Waals surface area contributed by atoms with Crippen molar-refractivity contribution in [3.05, 3.63) is 72.1 Å². The zero-order valence-electron chi connectivity index (χ0n) is 12.5. The van der Waals surface area contributed by atoms with Gasteiger partial charge in [-0.25, -0.2) is 0 Å². The first-order valence-corrected chi connectivity index (χ1v) is 7.36. The Bertz CT molecular complexity index is 1020. The summed E-state index contributed by atoms with van der Waals surface area (Å²) in [6.07, 6.45) is 3.19. The van der Waals surface area contributed by atoms with Crippen molar-refractivity contribution in [1.29, 1.82) is 0 Å². The number of benzene rings is 2. The average molecular weight is 302 g/mol. The lowest BCUT2D eigenvalue weighted by atomic mass is 10.1. The van der Waals surface area contributed by atoms with E-state index in [1.54, 1.807) is 24.5 Å². The molecule has 0 atom stereocenters. The third-order valence-corrected chi connectivity index (χ3v) is 3.89. The number of anilines is 1.